The van der Waals surface area contributed by atoms with Gasteiger partial charge in [0.15, 0.2) is 0 Å². The van der Waals surface area contributed by atoms with Crippen molar-refractivity contribution in [3.63, 3.8) is 0 Å². The van der Waals surface area contributed by atoms with Gasteiger partial charge >= 0.3 is 0 Å². The van der Waals surface area contributed by atoms with Gasteiger partial charge in [0.2, 0.25) is 0 Å². The summed E-state index contributed by atoms with van der Waals surface area (Å²) in [6, 6.07) is 30.7. The number of phenolic OH excluding ortho intramolecular Hbond substituents is 1. The van der Waals surface area contributed by atoms with E-state index in [4.69, 9.17) is 4.42 Å². The molecule has 0 spiro atoms. The van der Waals surface area contributed by atoms with Gasteiger partial charge in [0.25, 0.3) is 0 Å². The van der Waals surface area contributed by atoms with Crippen molar-refractivity contribution in [2.75, 3.05) is 0 Å². The van der Waals surface area contributed by atoms with Crippen LogP contribution in [0.5, 0.6) is 5.75 Å². The molecule has 1 aromatic heterocycles. The standard InChI is InChI=1S/C26H16O2/c27-25-18-11-5-4-10-17(18)14-23-24(25)22-15-21(16-8-2-1-3-9-16)19-12-6-7-13-20(19)26(22)28-23/h1-15,27H. The summed E-state index contributed by atoms with van der Waals surface area (Å²) in [5.74, 6) is 0.279. The minimum atomic E-state index is 0.279. The van der Waals surface area contributed by atoms with Gasteiger partial charge in [-0.1, -0.05) is 78.9 Å². The molecule has 5 aromatic carbocycles. The second-order valence-corrected chi connectivity index (χ2v) is 7.13. The van der Waals surface area contributed by atoms with E-state index in [-0.39, 0.29) is 5.75 Å². The van der Waals surface area contributed by atoms with Gasteiger partial charge in [0.1, 0.15) is 16.9 Å². The van der Waals surface area contributed by atoms with Gasteiger partial charge in [-0.05, 0) is 34.0 Å². The molecule has 0 bridgehead atoms. The van der Waals surface area contributed by atoms with Crippen molar-refractivity contribution < 1.29 is 9.52 Å². The molecular weight excluding hydrogens is 344 g/mol. The van der Waals surface area contributed by atoms with E-state index in [1.165, 1.54) is 0 Å². The highest BCUT2D eigenvalue weighted by atomic mass is 16.3. The molecular formula is C26H16O2. The molecule has 132 valence electrons. The van der Waals surface area contributed by atoms with Gasteiger partial charge in [-0.3, -0.25) is 0 Å². The Morgan fingerprint density at radius 3 is 2.11 bits per heavy atom. The van der Waals surface area contributed by atoms with Crippen LogP contribution in [0.4, 0.5) is 0 Å². The summed E-state index contributed by atoms with van der Waals surface area (Å²) in [4.78, 5) is 0. The van der Waals surface area contributed by atoms with E-state index in [1.54, 1.807) is 0 Å². The number of hydrogen-bond donors (Lipinski definition) is 1. The number of furan rings is 1. The molecule has 0 aliphatic rings. The van der Waals surface area contributed by atoms with E-state index in [0.717, 1.165) is 49.0 Å². The van der Waals surface area contributed by atoms with E-state index >= 15 is 0 Å². The minimum Gasteiger partial charge on any atom is -0.507 e. The van der Waals surface area contributed by atoms with Crippen LogP contribution < -0.4 is 0 Å². The molecule has 1 heterocycles. The number of aromatic hydroxyl groups is 1. The number of hydrogen-bond acceptors (Lipinski definition) is 2. The molecule has 0 fully saturated rings. The number of benzene rings is 5. The molecule has 0 amide bonds. The lowest BCUT2D eigenvalue weighted by atomic mass is 9.95. The zero-order valence-electron chi connectivity index (χ0n) is 15.0. The van der Waals surface area contributed by atoms with Gasteiger partial charge in [0.05, 0.1) is 5.39 Å². The Morgan fingerprint density at radius 1 is 0.607 bits per heavy atom. The monoisotopic (exact) mass is 360 g/mol. The zero-order chi connectivity index (χ0) is 18.7. The predicted molar refractivity (Wildman–Crippen MR) is 116 cm³/mol. The van der Waals surface area contributed by atoms with Crippen LogP contribution in [0.3, 0.4) is 0 Å². The first-order valence-electron chi connectivity index (χ1n) is 9.35. The molecule has 0 aliphatic carbocycles. The fourth-order valence-corrected chi connectivity index (χ4v) is 4.25. The molecule has 6 aromatic rings. The maximum atomic E-state index is 11.1. The lowest BCUT2D eigenvalue weighted by Gasteiger charge is -2.08. The second-order valence-electron chi connectivity index (χ2n) is 7.13. The highest BCUT2D eigenvalue weighted by molar-refractivity contribution is 6.23. The van der Waals surface area contributed by atoms with Crippen LogP contribution in [0.1, 0.15) is 0 Å². The van der Waals surface area contributed by atoms with Gasteiger partial charge in [-0.15, -0.1) is 0 Å². The first kappa shape index (κ1) is 15.3. The van der Waals surface area contributed by atoms with Gasteiger partial charge in [-0.25, -0.2) is 0 Å². The number of fused-ring (bicyclic) bond motifs is 6. The number of rotatable bonds is 1. The van der Waals surface area contributed by atoms with E-state index in [2.05, 4.69) is 36.4 Å². The molecule has 0 aliphatic heterocycles. The third kappa shape index (κ3) is 2.03. The van der Waals surface area contributed by atoms with Crippen LogP contribution in [0.15, 0.2) is 95.4 Å². The van der Waals surface area contributed by atoms with Gasteiger partial charge in [-0.2, -0.15) is 0 Å². The van der Waals surface area contributed by atoms with Crippen LogP contribution in [0, 0.1) is 0 Å². The van der Waals surface area contributed by atoms with E-state index < -0.39 is 0 Å². The van der Waals surface area contributed by atoms with E-state index in [0.29, 0.717) is 5.58 Å². The normalized spacial score (nSPS) is 11.7. The van der Waals surface area contributed by atoms with Crippen molar-refractivity contribution in [1.82, 2.24) is 0 Å². The average molecular weight is 360 g/mol. The average Bonchev–Trinajstić information content (AvgIpc) is 3.13. The Morgan fingerprint density at radius 2 is 1.29 bits per heavy atom. The van der Waals surface area contributed by atoms with Crippen LogP contribution in [-0.4, -0.2) is 5.11 Å². The highest BCUT2D eigenvalue weighted by Crippen LogP contribution is 2.44. The smallest absolute Gasteiger partial charge is 0.143 e. The van der Waals surface area contributed by atoms with Crippen molar-refractivity contribution in [2.24, 2.45) is 0 Å². The predicted octanol–water partition coefficient (Wildman–Crippen LogP) is 7.27. The maximum absolute atomic E-state index is 11.1. The molecule has 6 rings (SSSR count). The lowest BCUT2D eigenvalue weighted by molar-refractivity contribution is 0.487. The number of phenols is 1. The Labute approximate surface area is 161 Å². The van der Waals surface area contributed by atoms with Crippen molar-refractivity contribution in [2.45, 2.75) is 0 Å². The molecule has 2 nitrogen and oxygen atoms in total. The van der Waals surface area contributed by atoms with Crippen LogP contribution in [-0.2, 0) is 0 Å². The van der Waals surface area contributed by atoms with Crippen LogP contribution in [0.25, 0.3) is 54.6 Å². The summed E-state index contributed by atoms with van der Waals surface area (Å²) in [6.45, 7) is 0. The minimum absolute atomic E-state index is 0.279. The SMILES string of the molecule is Oc1c2ccccc2cc2oc3c4ccccc4c(-c4ccccc4)cc3c12. The molecule has 0 atom stereocenters. The summed E-state index contributed by atoms with van der Waals surface area (Å²) >= 11 is 0. The highest BCUT2D eigenvalue weighted by Gasteiger charge is 2.18. The Bertz CT molecular complexity index is 1510. The summed E-state index contributed by atoms with van der Waals surface area (Å²) in [5, 5.41) is 16.8. The molecule has 1 N–H and O–H groups in total. The molecule has 0 unspecified atom stereocenters. The fraction of sp³-hybridized carbons (Fsp3) is 0. The Balaban J connectivity index is 1.86. The largest absolute Gasteiger partial charge is 0.507 e. The van der Waals surface area contributed by atoms with Crippen molar-refractivity contribution >= 4 is 43.5 Å². The first-order chi connectivity index (χ1) is 13.8. The topological polar surface area (TPSA) is 33.4 Å². The summed E-state index contributed by atoms with van der Waals surface area (Å²) in [7, 11) is 0. The van der Waals surface area contributed by atoms with Crippen LogP contribution >= 0.6 is 0 Å². The fourth-order valence-electron chi connectivity index (χ4n) is 4.25. The van der Waals surface area contributed by atoms with Crippen molar-refractivity contribution in [3.05, 3.63) is 91.0 Å². The summed E-state index contributed by atoms with van der Waals surface area (Å²) < 4.78 is 6.29. The molecule has 28 heavy (non-hydrogen) atoms. The second kappa shape index (κ2) is 5.61. The van der Waals surface area contributed by atoms with Crippen molar-refractivity contribution in [3.8, 4) is 16.9 Å². The maximum Gasteiger partial charge on any atom is 0.143 e. The molecule has 0 radical (unpaired) electrons. The van der Waals surface area contributed by atoms with E-state index in [1.807, 2.05) is 54.6 Å². The quantitative estimate of drug-likeness (QED) is 0.334. The summed E-state index contributed by atoms with van der Waals surface area (Å²) in [6.07, 6.45) is 0. The lowest BCUT2D eigenvalue weighted by Crippen LogP contribution is -1.82. The van der Waals surface area contributed by atoms with Gasteiger partial charge < -0.3 is 9.52 Å². The molecule has 2 heteroatoms. The zero-order valence-corrected chi connectivity index (χ0v) is 15.0. The summed E-state index contributed by atoms with van der Waals surface area (Å²) in [5.41, 5.74) is 3.81. The molecule has 0 saturated carbocycles. The Kier molecular flexibility index (Phi) is 3.06. The first-order valence-corrected chi connectivity index (χ1v) is 9.35. The third-order valence-corrected chi connectivity index (χ3v) is 5.55. The Hall–Kier alpha value is -3.78. The van der Waals surface area contributed by atoms with E-state index in [9.17, 15) is 5.11 Å². The van der Waals surface area contributed by atoms with Crippen LogP contribution in [0.2, 0.25) is 0 Å². The van der Waals surface area contributed by atoms with Gasteiger partial charge in [0, 0.05) is 16.2 Å². The van der Waals surface area contributed by atoms with Crippen molar-refractivity contribution in [1.29, 1.82) is 0 Å². The molecule has 0 saturated heterocycles. The third-order valence-electron chi connectivity index (χ3n) is 5.55.